The number of carbonyl (C=O) groups is 1. The largest absolute Gasteiger partial charge is 0.373 e. The van der Waals surface area contributed by atoms with Crippen molar-refractivity contribution in [2.75, 3.05) is 26.2 Å². The third kappa shape index (κ3) is 3.12. The van der Waals surface area contributed by atoms with Crippen molar-refractivity contribution < 1.29 is 9.53 Å². The second-order valence-electron chi connectivity index (χ2n) is 4.10. The van der Waals surface area contributed by atoms with Crippen LogP contribution in [0.5, 0.6) is 0 Å². The van der Waals surface area contributed by atoms with Crippen LogP contribution in [0, 0.1) is 0 Å². The molecular weight excluding hydrogens is 364 g/mol. The topological polar surface area (TPSA) is 55.6 Å². The summed E-state index contributed by atoms with van der Waals surface area (Å²) in [6, 6.07) is 5.57. The molecule has 0 spiro atoms. The van der Waals surface area contributed by atoms with E-state index in [0.29, 0.717) is 31.8 Å². The van der Waals surface area contributed by atoms with Gasteiger partial charge in [-0.2, -0.15) is 0 Å². The second-order valence-corrected chi connectivity index (χ2v) is 5.87. The lowest BCUT2D eigenvalue weighted by atomic mass is 10.1. The highest BCUT2D eigenvalue weighted by Gasteiger charge is 2.25. The maximum absolute atomic E-state index is 12.4. The molecule has 1 saturated heterocycles. The van der Waals surface area contributed by atoms with Gasteiger partial charge in [0.2, 0.25) is 0 Å². The number of amides is 1. The predicted octanol–water partition coefficient (Wildman–Crippen LogP) is 2.01. The van der Waals surface area contributed by atoms with E-state index < -0.39 is 0 Å². The van der Waals surface area contributed by atoms with Crippen LogP contribution in [0.4, 0.5) is 0 Å². The minimum atomic E-state index is -0.0615. The number of halogens is 2. The number of nitrogens with two attached hydrogens (primary N) is 1. The van der Waals surface area contributed by atoms with Gasteiger partial charge in [-0.3, -0.25) is 4.79 Å². The van der Waals surface area contributed by atoms with Crippen molar-refractivity contribution >= 4 is 37.8 Å². The zero-order chi connectivity index (χ0) is 13.1. The molecule has 0 saturated carbocycles. The average molecular weight is 378 g/mol. The summed E-state index contributed by atoms with van der Waals surface area (Å²) in [5.74, 6) is 0.00456. The number of rotatable bonds is 2. The van der Waals surface area contributed by atoms with Gasteiger partial charge < -0.3 is 15.4 Å². The third-order valence-corrected chi connectivity index (χ3v) is 4.03. The SMILES string of the molecule is NCC1CN(C(=O)c2cc(Br)ccc2Br)CCO1. The summed E-state index contributed by atoms with van der Waals surface area (Å²) in [4.78, 5) is 14.2. The van der Waals surface area contributed by atoms with E-state index in [-0.39, 0.29) is 12.0 Å². The molecule has 0 bridgehead atoms. The number of hydrogen-bond donors (Lipinski definition) is 1. The van der Waals surface area contributed by atoms with E-state index in [2.05, 4.69) is 31.9 Å². The van der Waals surface area contributed by atoms with Crippen molar-refractivity contribution in [2.24, 2.45) is 5.73 Å². The number of nitrogens with zero attached hydrogens (tertiary/aromatic N) is 1. The highest BCUT2D eigenvalue weighted by atomic mass is 79.9. The third-order valence-electron chi connectivity index (χ3n) is 2.85. The van der Waals surface area contributed by atoms with Crippen LogP contribution in [0.2, 0.25) is 0 Å². The lowest BCUT2D eigenvalue weighted by Gasteiger charge is -2.32. The summed E-state index contributed by atoms with van der Waals surface area (Å²) in [5.41, 5.74) is 6.23. The van der Waals surface area contributed by atoms with Gasteiger partial charge in [-0.25, -0.2) is 0 Å². The summed E-state index contributed by atoms with van der Waals surface area (Å²) < 4.78 is 7.14. The molecule has 1 fully saturated rings. The first kappa shape index (κ1) is 14.0. The quantitative estimate of drug-likeness (QED) is 0.857. The fourth-order valence-corrected chi connectivity index (χ4v) is 2.66. The predicted molar refractivity (Wildman–Crippen MR) is 76.5 cm³/mol. The van der Waals surface area contributed by atoms with Gasteiger partial charge in [0.25, 0.3) is 5.91 Å². The molecule has 0 radical (unpaired) electrons. The molecule has 1 aliphatic heterocycles. The zero-order valence-corrected chi connectivity index (χ0v) is 12.9. The number of benzene rings is 1. The van der Waals surface area contributed by atoms with E-state index in [9.17, 15) is 4.79 Å². The number of morpholine rings is 1. The molecule has 1 amide bonds. The van der Waals surface area contributed by atoms with Crippen LogP contribution >= 0.6 is 31.9 Å². The Balaban J connectivity index is 2.17. The van der Waals surface area contributed by atoms with Crippen molar-refractivity contribution in [2.45, 2.75) is 6.10 Å². The minimum Gasteiger partial charge on any atom is -0.373 e. The molecule has 6 heteroatoms. The second kappa shape index (κ2) is 6.14. The van der Waals surface area contributed by atoms with Crippen LogP contribution in [-0.4, -0.2) is 43.2 Å². The van der Waals surface area contributed by atoms with Crippen molar-refractivity contribution in [3.8, 4) is 0 Å². The molecule has 1 unspecified atom stereocenters. The van der Waals surface area contributed by atoms with E-state index in [1.54, 1.807) is 4.90 Å². The lowest BCUT2D eigenvalue weighted by molar-refractivity contribution is -0.0167. The Morgan fingerprint density at radius 1 is 1.50 bits per heavy atom. The highest BCUT2D eigenvalue weighted by molar-refractivity contribution is 9.11. The van der Waals surface area contributed by atoms with Crippen molar-refractivity contribution in [3.63, 3.8) is 0 Å². The van der Waals surface area contributed by atoms with E-state index in [1.807, 2.05) is 18.2 Å². The molecular formula is C12H14Br2N2O2. The molecule has 1 aliphatic rings. The maximum Gasteiger partial charge on any atom is 0.255 e. The summed E-state index contributed by atoms with van der Waals surface area (Å²) in [7, 11) is 0. The Hall–Kier alpha value is -0.430. The van der Waals surface area contributed by atoms with Crippen molar-refractivity contribution in [1.29, 1.82) is 0 Å². The maximum atomic E-state index is 12.4. The molecule has 98 valence electrons. The van der Waals surface area contributed by atoms with Gasteiger partial charge in [-0.15, -0.1) is 0 Å². The standard InChI is InChI=1S/C12H14Br2N2O2/c13-8-1-2-11(14)10(5-8)12(17)16-3-4-18-9(6-15)7-16/h1-2,5,9H,3-4,6-7,15H2. The van der Waals surface area contributed by atoms with E-state index in [0.717, 1.165) is 8.95 Å². The van der Waals surface area contributed by atoms with Gasteiger partial charge in [0.05, 0.1) is 18.3 Å². The fourth-order valence-electron chi connectivity index (χ4n) is 1.88. The van der Waals surface area contributed by atoms with Gasteiger partial charge in [-0.1, -0.05) is 15.9 Å². The summed E-state index contributed by atoms with van der Waals surface area (Å²) in [5, 5.41) is 0. The first-order valence-electron chi connectivity index (χ1n) is 5.68. The molecule has 1 heterocycles. The smallest absolute Gasteiger partial charge is 0.255 e. The Morgan fingerprint density at radius 2 is 2.28 bits per heavy atom. The molecule has 4 nitrogen and oxygen atoms in total. The Kier molecular flexibility index (Phi) is 4.77. The molecule has 1 aromatic rings. The number of carbonyl (C=O) groups excluding carboxylic acids is 1. The Labute approximate surface area is 123 Å². The average Bonchev–Trinajstić information content (AvgIpc) is 2.41. The molecule has 2 rings (SSSR count). The van der Waals surface area contributed by atoms with Crippen LogP contribution in [0.1, 0.15) is 10.4 Å². The fraction of sp³-hybridized carbons (Fsp3) is 0.417. The van der Waals surface area contributed by atoms with Crippen molar-refractivity contribution in [1.82, 2.24) is 4.90 Å². The zero-order valence-electron chi connectivity index (χ0n) is 9.73. The first-order chi connectivity index (χ1) is 8.61. The summed E-state index contributed by atoms with van der Waals surface area (Å²) >= 11 is 6.78. The molecule has 2 N–H and O–H groups in total. The van der Waals surface area contributed by atoms with Gasteiger partial charge >= 0.3 is 0 Å². The van der Waals surface area contributed by atoms with E-state index in [1.165, 1.54) is 0 Å². The van der Waals surface area contributed by atoms with Gasteiger partial charge in [0, 0.05) is 28.6 Å². The van der Waals surface area contributed by atoms with Crippen LogP contribution < -0.4 is 5.73 Å². The van der Waals surface area contributed by atoms with E-state index >= 15 is 0 Å². The van der Waals surface area contributed by atoms with Gasteiger partial charge in [-0.05, 0) is 34.1 Å². The minimum absolute atomic E-state index is 0.00456. The number of ether oxygens (including phenoxy) is 1. The van der Waals surface area contributed by atoms with Crippen LogP contribution in [-0.2, 0) is 4.74 Å². The summed E-state index contributed by atoms with van der Waals surface area (Å²) in [6.45, 7) is 2.13. The summed E-state index contributed by atoms with van der Waals surface area (Å²) in [6.07, 6.45) is -0.0615. The van der Waals surface area contributed by atoms with Gasteiger partial charge in [0.1, 0.15) is 0 Å². The monoisotopic (exact) mass is 376 g/mol. The Bertz CT molecular complexity index is 454. The molecule has 1 atom stereocenters. The first-order valence-corrected chi connectivity index (χ1v) is 7.26. The lowest BCUT2D eigenvalue weighted by Crippen LogP contribution is -2.48. The molecule has 0 aromatic heterocycles. The highest BCUT2D eigenvalue weighted by Crippen LogP contribution is 2.23. The van der Waals surface area contributed by atoms with Crippen LogP contribution in [0.3, 0.4) is 0 Å². The van der Waals surface area contributed by atoms with Crippen LogP contribution in [0.15, 0.2) is 27.1 Å². The van der Waals surface area contributed by atoms with Gasteiger partial charge in [0.15, 0.2) is 0 Å². The number of hydrogen-bond acceptors (Lipinski definition) is 3. The van der Waals surface area contributed by atoms with E-state index in [4.69, 9.17) is 10.5 Å². The molecule has 0 aliphatic carbocycles. The van der Waals surface area contributed by atoms with Crippen molar-refractivity contribution in [3.05, 3.63) is 32.7 Å². The van der Waals surface area contributed by atoms with Crippen LogP contribution in [0.25, 0.3) is 0 Å². The molecule has 1 aromatic carbocycles. The molecule has 18 heavy (non-hydrogen) atoms. The Morgan fingerprint density at radius 3 is 3.00 bits per heavy atom. The normalized spacial score (nSPS) is 19.9.